The van der Waals surface area contributed by atoms with Crippen molar-refractivity contribution in [2.24, 2.45) is 16.6 Å². The number of oxime groups is 1. The Kier molecular flexibility index (Phi) is 14.9. The second kappa shape index (κ2) is 18.3. The van der Waals surface area contributed by atoms with E-state index < -0.39 is 5.91 Å². The lowest BCUT2D eigenvalue weighted by Gasteiger charge is -1.99. The maximum Gasteiger partial charge on any atom is 0.248 e. The zero-order valence-corrected chi connectivity index (χ0v) is 28.7. The molecule has 0 aliphatic carbocycles. The first-order valence-corrected chi connectivity index (χ1v) is 14.7. The fourth-order valence-corrected chi connectivity index (χ4v) is 4.47. The molecule has 0 fully saturated rings. The number of nitrogens with two attached hydrogens (primary N) is 2. The first-order chi connectivity index (χ1) is 22.1. The predicted octanol–water partition coefficient (Wildman–Crippen LogP) is 6.60. The van der Waals surface area contributed by atoms with Crippen LogP contribution in [0.25, 0.3) is 11.4 Å². The van der Waals surface area contributed by atoms with Gasteiger partial charge in [0.25, 0.3) is 0 Å². The number of hydrogen-bond donors (Lipinski definition) is 3. The molecular formula is C30H28Cl4N10O3. The summed E-state index contributed by atoms with van der Waals surface area (Å²) in [5, 5.41) is 24.9. The average Bonchev–Trinajstić information content (AvgIpc) is 3.42. The molecule has 0 aliphatic rings. The third-order valence-corrected chi connectivity index (χ3v) is 6.07. The number of amides is 1. The minimum absolute atomic E-state index is 0.0300. The van der Waals surface area contributed by atoms with E-state index in [0.717, 1.165) is 22.6 Å². The Morgan fingerprint density at radius 2 is 1.19 bits per heavy atom. The molecule has 1 amide bonds. The smallest absolute Gasteiger partial charge is 0.248 e. The van der Waals surface area contributed by atoms with Gasteiger partial charge in [-0.15, -0.1) is 0 Å². The minimum Gasteiger partial charge on any atom is -0.409 e. The van der Waals surface area contributed by atoms with Crippen LogP contribution in [0.15, 0.2) is 58.2 Å². The molecule has 47 heavy (non-hydrogen) atoms. The van der Waals surface area contributed by atoms with Crippen LogP contribution in [0.1, 0.15) is 50.2 Å². The van der Waals surface area contributed by atoms with Crippen LogP contribution in [-0.2, 0) is 0 Å². The van der Waals surface area contributed by atoms with Crippen molar-refractivity contribution >= 4 is 58.1 Å². The van der Waals surface area contributed by atoms with Gasteiger partial charge in [-0.25, -0.2) is 19.9 Å². The van der Waals surface area contributed by atoms with E-state index in [1.165, 1.54) is 18.2 Å². The van der Waals surface area contributed by atoms with E-state index in [1.54, 1.807) is 52.0 Å². The number of aromatic nitrogens is 6. The Morgan fingerprint density at radius 3 is 1.62 bits per heavy atom. The number of nitriles is 1. The Bertz CT molecular complexity index is 1850. The molecule has 0 bridgehead atoms. The van der Waals surface area contributed by atoms with Gasteiger partial charge in [-0.05, 0) is 76.2 Å². The molecule has 5 aromatic rings. The number of carbonyl (C=O) groups excluding carboxylic acids is 1. The number of rotatable bonds is 3. The summed E-state index contributed by atoms with van der Waals surface area (Å²) in [7, 11) is 0. The van der Waals surface area contributed by atoms with Gasteiger partial charge in [-0.1, -0.05) is 56.7 Å². The lowest BCUT2D eigenvalue weighted by atomic mass is 10.2. The molecule has 5 aromatic heterocycles. The number of pyridine rings is 4. The number of aryl methyl sites for hydroxylation is 5. The van der Waals surface area contributed by atoms with E-state index in [9.17, 15) is 4.79 Å². The molecule has 5 heterocycles. The highest BCUT2D eigenvalue weighted by Crippen LogP contribution is 2.20. The van der Waals surface area contributed by atoms with Crippen molar-refractivity contribution in [2.75, 3.05) is 0 Å². The van der Waals surface area contributed by atoms with E-state index in [2.05, 4.69) is 35.2 Å². The fourth-order valence-electron chi connectivity index (χ4n) is 3.47. The SMILES string of the molecule is Cc1cc(-c2noc(C)n2)cc(Cl)n1.Cc1cc(/C(N)=N\O)cc(Cl)n1.Cc1cc(C#N)cc(Cl)n1.Cc1cc(C(N)=O)cc(Cl)n1. The second-order valence-corrected chi connectivity index (χ2v) is 10.9. The van der Waals surface area contributed by atoms with Crippen LogP contribution in [0, 0.1) is 45.9 Å². The number of nitrogens with zero attached hydrogens (tertiary/aromatic N) is 8. The molecule has 0 unspecified atom stereocenters. The molecule has 0 aliphatic heterocycles. The highest BCUT2D eigenvalue weighted by Gasteiger charge is 2.07. The molecule has 17 heteroatoms. The van der Waals surface area contributed by atoms with E-state index in [4.69, 9.17) is 72.9 Å². The topological polar surface area (TPSA) is 216 Å². The summed E-state index contributed by atoms with van der Waals surface area (Å²) >= 11 is 22.6. The molecule has 0 saturated carbocycles. The van der Waals surface area contributed by atoms with Gasteiger partial charge >= 0.3 is 0 Å². The van der Waals surface area contributed by atoms with Crippen LogP contribution in [0.4, 0.5) is 0 Å². The first-order valence-electron chi connectivity index (χ1n) is 13.1. The molecule has 13 nitrogen and oxygen atoms in total. The van der Waals surface area contributed by atoms with Gasteiger partial charge in [-0.3, -0.25) is 4.79 Å². The Hall–Kier alpha value is -4.87. The van der Waals surface area contributed by atoms with E-state index in [1.807, 2.05) is 19.1 Å². The molecular weight excluding hydrogens is 690 g/mol. The molecule has 0 spiro atoms. The van der Waals surface area contributed by atoms with Crippen molar-refractivity contribution in [3.8, 4) is 17.5 Å². The third-order valence-electron chi connectivity index (χ3n) is 5.29. The fraction of sp³-hybridized carbons (Fsp3) is 0.167. The molecule has 244 valence electrons. The molecule has 5 rings (SSSR count). The van der Waals surface area contributed by atoms with Crippen molar-refractivity contribution in [3.63, 3.8) is 0 Å². The van der Waals surface area contributed by atoms with Crippen LogP contribution in [0.3, 0.4) is 0 Å². The van der Waals surface area contributed by atoms with Gasteiger partial charge in [0.05, 0.1) is 11.6 Å². The minimum atomic E-state index is -0.489. The first kappa shape index (κ1) is 38.3. The van der Waals surface area contributed by atoms with Gasteiger partial charge in [0.2, 0.25) is 17.6 Å². The summed E-state index contributed by atoms with van der Waals surface area (Å²) in [5.74, 6) is 0.611. The largest absolute Gasteiger partial charge is 0.409 e. The predicted molar refractivity (Wildman–Crippen MR) is 180 cm³/mol. The number of amidine groups is 1. The van der Waals surface area contributed by atoms with E-state index in [-0.39, 0.29) is 5.84 Å². The maximum absolute atomic E-state index is 10.6. The summed E-state index contributed by atoms with van der Waals surface area (Å²) in [6, 6.07) is 15.0. The van der Waals surface area contributed by atoms with Crippen LogP contribution in [0.5, 0.6) is 0 Å². The molecule has 0 atom stereocenters. The van der Waals surface area contributed by atoms with Crippen LogP contribution in [-0.4, -0.2) is 47.0 Å². The number of primary amides is 1. The zero-order valence-electron chi connectivity index (χ0n) is 25.6. The molecule has 5 N–H and O–H groups in total. The van der Waals surface area contributed by atoms with E-state index in [0.29, 0.717) is 54.7 Å². The average molecular weight is 718 g/mol. The number of halogens is 4. The van der Waals surface area contributed by atoms with Crippen molar-refractivity contribution in [3.05, 3.63) is 115 Å². The quantitative estimate of drug-likeness (QED) is 0.0594. The second-order valence-electron chi connectivity index (χ2n) is 9.38. The Morgan fingerprint density at radius 1 is 0.723 bits per heavy atom. The van der Waals surface area contributed by atoms with Crippen molar-refractivity contribution < 1.29 is 14.5 Å². The van der Waals surface area contributed by atoms with Gasteiger partial charge in [0, 0.05) is 46.4 Å². The summed E-state index contributed by atoms with van der Waals surface area (Å²) < 4.78 is 4.87. The molecule has 0 aromatic carbocycles. The summed E-state index contributed by atoms with van der Waals surface area (Å²) in [4.78, 5) is 30.5. The Balaban J connectivity index is 0.000000220. The van der Waals surface area contributed by atoms with Crippen molar-refractivity contribution in [2.45, 2.75) is 34.6 Å². The van der Waals surface area contributed by atoms with Crippen molar-refractivity contribution in [1.29, 1.82) is 5.26 Å². The third kappa shape index (κ3) is 13.6. The lowest BCUT2D eigenvalue weighted by molar-refractivity contribution is 0.1000. The number of carbonyl (C=O) groups is 1. The van der Waals surface area contributed by atoms with Gasteiger partial charge in [0.15, 0.2) is 5.84 Å². The summed E-state index contributed by atoms with van der Waals surface area (Å²) in [6.45, 7) is 8.93. The highest BCUT2D eigenvalue weighted by atomic mass is 35.5. The van der Waals surface area contributed by atoms with Crippen molar-refractivity contribution in [1.82, 2.24) is 30.1 Å². The normalized spacial score (nSPS) is 10.3. The van der Waals surface area contributed by atoms with Gasteiger partial charge in [-0.2, -0.15) is 10.2 Å². The van der Waals surface area contributed by atoms with Crippen LogP contribution in [0.2, 0.25) is 20.6 Å². The van der Waals surface area contributed by atoms with Gasteiger partial charge in [0.1, 0.15) is 20.6 Å². The molecule has 0 radical (unpaired) electrons. The standard InChI is InChI=1S/C9H8ClN3O.C7H8ClN3O.C7H7ClN2O.C7H5ClN2/c1-5-3-7(4-8(10)11-5)9-12-6(2)14-13-9;1-4-2-5(7(9)11-12)3-6(8)10-4;1-4-2-5(7(9)11)3-6(8)10-4;1-5-2-6(4-9)3-7(8)10-5/h3-4H,1-2H3;2-3,12H,1H3,(H2,9,11);2-3H,1H3,(H2,9,11);2-3H,1H3. The summed E-state index contributed by atoms with van der Waals surface area (Å²) in [5.41, 5.74) is 15.7. The van der Waals surface area contributed by atoms with Gasteiger partial charge < -0.3 is 21.2 Å². The lowest BCUT2D eigenvalue weighted by Crippen LogP contribution is -2.13. The van der Waals surface area contributed by atoms with E-state index >= 15 is 0 Å². The summed E-state index contributed by atoms with van der Waals surface area (Å²) in [6.07, 6.45) is 0. The highest BCUT2D eigenvalue weighted by molar-refractivity contribution is 6.30. The maximum atomic E-state index is 10.6. The Labute approximate surface area is 290 Å². The van der Waals surface area contributed by atoms with Crippen LogP contribution >= 0.6 is 46.4 Å². The molecule has 0 saturated heterocycles. The zero-order chi connectivity index (χ0) is 35.3. The monoisotopic (exact) mass is 716 g/mol. The number of hydrogen-bond acceptors (Lipinski definition) is 11. The van der Waals surface area contributed by atoms with Crippen LogP contribution < -0.4 is 11.5 Å².